The van der Waals surface area contributed by atoms with Crippen molar-refractivity contribution in [3.63, 3.8) is 0 Å². The van der Waals surface area contributed by atoms with Gasteiger partial charge in [0.1, 0.15) is 5.82 Å². The first-order valence-corrected chi connectivity index (χ1v) is 7.97. The number of hydrogen-bond donors (Lipinski definition) is 1. The molecule has 0 saturated carbocycles. The van der Waals surface area contributed by atoms with Crippen LogP contribution in [0.15, 0.2) is 60.7 Å². The van der Waals surface area contributed by atoms with E-state index in [9.17, 15) is 9.18 Å². The van der Waals surface area contributed by atoms with E-state index in [1.165, 1.54) is 6.07 Å². The third kappa shape index (κ3) is 2.94. The van der Waals surface area contributed by atoms with Gasteiger partial charge in [-0.1, -0.05) is 30.3 Å². The highest BCUT2D eigenvalue weighted by Crippen LogP contribution is 2.28. The van der Waals surface area contributed by atoms with E-state index in [1.807, 2.05) is 24.3 Å². The largest absolute Gasteiger partial charge is 0.336 e. The van der Waals surface area contributed by atoms with Crippen molar-refractivity contribution >= 4 is 23.1 Å². The predicted molar refractivity (Wildman–Crippen MR) is 93.5 cm³/mol. The molecule has 124 valence electrons. The van der Waals surface area contributed by atoms with E-state index >= 15 is 0 Å². The molecule has 0 spiro atoms. The lowest BCUT2D eigenvalue weighted by molar-refractivity contribution is 0.0983. The van der Waals surface area contributed by atoms with Crippen molar-refractivity contribution in [3.05, 3.63) is 77.7 Å². The minimum absolute atomic E-state index is 0.185. The fourth-order valence-corrected chi connectivity index (χ4v) is 2.90. The van der Waals surface area contributed by atoms with Crippen LogP contribution in [0, 0.1) is 5.82 Å². The van der Waals surface area contributed by atoms with E-state index in [4.69, 9.17) is 0 Å². The second kappa shape index (κ2) is 6.32. The number of rotatable bonds is 3. The van der Waals surface area contributed by atoms with Crippen LogP contribution in [0.3, 0.4) is 0 Å². The summed E-state index contributed by atoms with van der Waals surface area (Å²) in [6.45, 7) is 0.634. The maximum Gasteiger partial charge on any atom is 0.278 e. The van der Waals surface area contributed by atoms with Crippen LogP contribution < -0.4 is 10.2 Å². The van der Waals surface area contributed by atoms with E-state index in [2.05, 4.69) is 15.5 Å². The quantitative estimate of drug-likeness (QED) is 0.796. The van der Waals surface area contributed by atoms with Gasteiger partial charge < -0.3 is 10.2 Å². The lowest BCUT2D eigenvalue weighted by atomic mass is 10.2. The molecule has 25 heavy (non-hydrogen) atoms. The Hall–Kier alpha value is -3.28. The SMILES string of the molecule is O=C(c1ccc(Nc2ccccc2F)nn1)N1CCc2ccccc21. The summed E-state index contributed by atoms with van der Waals surface area (Å²) >= 11 is 0. The first-order chi connectivity index (χ1) is 12.2. The van der Waals surface area contributed by atoms with Crippen molar-refractivity contribution in [1.82, 2.24) is 10.2 Å². The Morgan fingerprint density at radius 2 is 1.80 bits per heavy atom. The molecule has 1 aliphatic rings. The first-order valence-electron chi connectivity index (χ1n) is 7.97. The van der Waals surface area contributed by atoms with Gasteiger partial charge in [-0.2, -0.15) is 0 Å². The zero-order chi connectivity index (χ0) is 17.2. The Bertz CT molecular complexity index is 927. The third-order valence-electron chi connectivity index (χ3n) is 4.15. The first kappa shape index (κ1) is 15.3. The highest BCUT2D eigenvalue weighted by molar-refractivity contribution is 6.06. The van der Waals surface area contributed by atoms with E-state index in [0.29, 0.717) is 18.1 Å². The van der Waals surface area contributed by atoms with Crippen LogP contribution in [0.25, 0.3) is 0 Å². The van der Waals surface area contributed by atoms with Crippen molar-refractivity contribution < 1.29 is 9.18 Å². The van der Waals surface area contributed by atoms with Crippen LogP contribution in [0.5, 0.6) is 0 Å². The zero-order valence-electron chi connectivity index (χ0n) is 13.3. The van der Waals surface area contributed by atoms with Crippen LogP contribution >= 0.6 is 0 Å². The van der Waals surface area contributed by atoms with Gasteiger partial charge in [0.25, 0.3) is 5.91 Å². The predicted octanol–water partition coefficient (Wildman–Crippen LogP) is 3.56. The Labute approximate surface area is 144 Å². The van der Waals surface area contributed by atoms with Gasteiger partial charge in [0.05, 0.1) is 5.69 Å². The molecule has 0 aliphatic carbocycles. The highest BCUT2D eigenvalue weighted by atomic mass is 19.1. The van der Waals surface area contributed by atoms with E-state index in [0.717, 1.165) is 17.7 Å². The van der Waals surface area contributed by atoms with Crippen LogP contribution in [-0.2, 0) is 6.42 Å². The van der Waals surface area contributed by atoms with Crippen LogP contribution in [-0.4, -0.2) is 22.6 Å². The van der Waals surface area contributed by atoms with E-state index in [1.54, 1.807) is 35.2 Å². The summed E-state index contributed by atoms with van der Waals surface area (Å²) in [4.78, 5) is 14.4. The van der Waals surface area contributed by atoms with Gasteiger partial charge in [-0.05, 0) is 42.3 Å². The molecule has 6 heteroatoms. The van der Waals surface area contributed by atoms with Gasteiger partial charge in [0.2, 0.25) is 0 Å². The van der Waals surface area contributed by atoms with Crippen LogP contribution in [0.4, 0.5) is 21.6 Å². The fourth-order valence-electron chi connectivity index (χ4n) is 2.90. The second-order valence-electron chi connectivity index (χ2n) is 5.74. The topological polar surface area (TPSA) is 58.1 Å². The number of anilines is 3. The average Bonchev–Trinajstić information content (AvgIpc) is 3.08. The monoisotopic (exact) mass is 334 g/mol. The van der Waals surface area contributed by atoms with Crippen molar-refractivity contribution in [1.29, 1.82) is 0 Å². The minimum atomic E-state index is -0.377. The normalized spacial score (nSPS) is 12.8. The molecule has 3 aromatic rings. The van der Waals surface area contributed by atoms with Crippen molar-refractivity contribution in [2.75, 3.05) is 16.8 Å². The lowest BCUT2D eigenvalue weighted by Gasteiger charge is -2.16. The summed E-state index contributed by atoms with van der Waals surface area (Å²) in [7, 11) is 0. The van der Waals surface area contributed by atoms with Gasteiger partial charge >= 0.3 is 0 Å². The van der Waals surface area contributed by atoms with Crippen molar-refractivity contribution in [2.45, 2.75) is 6.42 Å². The summed E-state index contributed by atoms with van der Waals surface area (Å²) in [5.74, 6) is -0.184. The van der Waals surface area contributed by atoms with Gasteiger partial charge in [-0.25, -0.2) is 4.39 Å². The van der Waals surface area contributed by atoms with Crippen molar-refractivity contribution in [3.8, 4) is 0 Å². The molecule has 0 atom stereocenters. The van der Waals surface area contributed by atoms with Crippen LogP contribution in [0.1, 0.15) is 16.1 Å². The Kier molecular flexibility index (Phi) is 3.85. The molecule has 0 saturated heterocycles. The maximum atomic E-state index is 13.7. The van der Waals surface area contributed by atoms with E-state index < -0.39 is 0 Å². The second-order valence-corrected chi connectivity index (χ2v) is 5.74. The third-order valence-corrected chi connectivity index (χ3v) is 4.15. The number of para-hydroxylation sites is 2. The summed E-state index contributed by atoms with van der Waals surface area (Å²) < 4.78 is 13.7. The molecular formula is C19H15FN4O. The molecular weight excluding hydrogens is 319 g/mol. The molecule has 2 aromatic carbocycles. The van der Waals surface area contributed by atoms with Gasteiger partial charge in [0.15, 0.2) is 11.5 Å². The number of nitrogens with zero attached hydrogens (tertiary/aromatic N) is 3. The molecule has 2 heterocycles. The average molecular weight is 334 g/mol. The summed E-state index contributed by atoms with van der Waals surface area (Å²) in [5.41, 5.74) is 2.64. The van der Waals surface area contributed by atoms with E-state index in [-0.39, 0.29) is 17.4 Å². The molecule has 5 nitrogen and oxygen atoms in total. The number of hydrogen-bond acceptors (Lipinski definition) is 4. The number of nitrogens with one attached hydrogen (secondary N) is 1. The van der Waals surface area contributed by atoms with Gasteiger partial charge in [-0.3, -0.25) is 4.79 Å². The number of fused-ring (bicyclic) bond motifs is 1. The number of carbonyl (C=O) groups excluding carboxylic acids is 1. The Morgan fingerprint density at radius 3 is 2.60 bits per heavy atom. The molecule has 1 aliphatic heterocycles. The molecule has 1 N–H and O–H groups in total. The standard InChI is InChI=1S/C19H15FN4O/c20-14-6-2-3-7-15(14)21-18-10-9-16(22-23-18)19(25)24-12-11-13-5-1-4-8-17(13)24/h1-10H,11-12H2,(H,21,23). The summed E-state index contributed by atoms with van der Waals surface area (Å²) in [6.07, 6.45) is 0.836. The smallest absolute Gasteiger partial charge is 0.278 e. The fraction of sp³-hybridized carbons (Fsp3) is 0.105. The summed E-state index contributed by atoms with van der Waals surface area (Å²) in [5, 5.41) is 10.8. The summed E-state index contributed by atoms with van der Waals surface area (Å²) in [6, 6.07) is 17.4. The van der Waals surface area contributed by atoms with Crippen LogP contribution in [0.2, 0.25) is 0 Å². The Balaban J connectivity index is 1.53. The number of amides is 1. The molecule has 0 radical (unpaired) electrons. The zero-order valence-corrected chi connectivity index (χ0v) is 13.3. The molecule has 0 fully saturated rings. The Morgan fingerprint density at radius 1 is 1.00 bits per heavy atom. The minimum Gasteiger partial charge on any atom is -0.336 e. The number of aromatic nitrogens is 2. The highest BCUT2D eigenvalue weighted by Gasteiger charge is 2.26. The van der Waals surface area contributed by atoms with Gasteiger partial charge in [-0.15, -0.1) is 10.2 Å². The molecule has 0 unspecified atom stereocenters. The number of halogens is 1. The van der Waals surface area contributed by atoms with Crippen molar-refractivity contribution in [2.24, 2.45) is 0 Å². The molecule has 1 aromatic heterocycles. The number of benzene rings is 2. The number of carbonyl (C=O) groups is 1. The molecule has 0 bridgehead atoms. The maximum absolute atomic E-state index is 13.7. The molecule has 4 rings (SSSR count). The molecule has 1 amide bonds. The van der Waals surface area contributed by atoms with Gasteiger partial charge in [0, 0.05) is 12.2 Å². The lowest BCUT2D eigenvalue weighted by Crippen LogP contribution is -2.29.